The summed E-state index contributed by atoms with van der Waals surface area (Å²) in [6.45, 7) is 0. The summed E-state index contributed by atoms with van der Waals surface area (Å²) in [5, 5.41) is 8.47. The molecule has 0 aromatic heterocycles. The third-order valence-corrected chi connectivity index (χ3v) is 3.37. The molecule has 3 saturated carbocycles. The largest absolute Gasteiger partial charge is 0.317 e. The molecule has 0 bridgehead atoms. The summed E-state index contributed by atoms with van der Waals surface area (Å²) in [4.78, 5) is 0. The van der Waals surface area contributed by atoms with E-state index in [1.807, 2.05) is 0 Å². The Labute approximate surface area is 47.8 Å². The van der Waals surface area contributed by atoms with Crippen molar-refractivity contribution in [1.82, 2.24) is 5.48 Å². The number of hydroxylamine groups is 1. The molecule has 3 fully saturated rings. The van der Waals surface area contributed by atoms with Crippen LogP contribution in [0.2, 0.25) is 0 Å². The molecular formula is C6H9NO. The Morgan fingerprint density at radius 2 is 2.38 bits per heavy atom. The number of hydrogen-bond acceptors (Lipinski definition) is 2. The minimum atomic E-state index is 0.480. The number of rotatable bonds is 1. The van der Waals surface area contributed by atoms with Crippen LogP contribution in [-0.4, -0.2) is 11.2 Å². The van der Waals surface area contributed by atoms with Crippen molar-refractivity contribution in [2.45, 2.75) is 18.9 Å². The first-order chi connectivity index (χ1) is 3.88. The predicted molar refractivity (Wildman–Crippen MR) is 27.4 cm³/mol. The molecule has 8 heavy (non-hydrogen) atoms. The minimum Gasteiger partial charge on any atom is -0.317 e. The van der Waals surface area contributed by atoms with Gasteiger partial charge >= 0.3 is 0 Å². The van der Waals surface area contributed by atoms with Crippen LogP contribution in [0, 0.1) is 17.3 Å². The topological polar surface area (TPSA) is 32.3 Å². The van der Waals surface area contributed by atoms with Gasteiger partial charge in [0.2, 0.25) is 0 Å². The molecule has 2 N–H and O–H groups in total. The van der Waals surface area contributed by atoms with Crippen LogP contribution in [0.5, 0.6) is 0 Å². The summed E-state index contributed by atoms with van der Waals surface area (Å²) >= 11 is 0. The standard InChI is InChI=1S/C6H9NO/c8-7-4-2-6-1-3(6)5(4)6/h3-5,7-8H,1-2H2. The predicted octanol–water partition coefficient (Wildman–Crippen LogP) is 0.374. The molecule has 2 heteroatoms. The maximum absolute atomic E-state index is 8.47. The van der Waals surface area contributed by atoms with Crippen LogP contribution in [0.4, 0.5) is 0 Å². The van der Waals surface area contributed by atoms with Crippen molar-refractivity contribution in [1.29, 1.82) is 0 Å². The third-order valence-electron chi connectivity index (χ3n) is 3.37. The normalized spacial score (nSPS) is 72.4. The van der Waals surface area contributed by atoms with Crippen molar-refractivity contribution < 1.29 is 5.21 Å². The molecule has 1 spiro atoms. The lowest BCUT2D eigenvalue weighted by Gasteiger charge is -2.31. The second-order valence-corrected chi connectivity index (χ2v) is 3.51. The van der Waals surface area contributed by atoms with Crippen LogP contribution < -0.4 is 5.48 Å². The summed E-state index contributed by atoms with van der Waals surface area (Å²) in [6, 6.07) is 0.480. The Balaban J connectivity index is 1.81. The lowest BCUT2D eigenvalue weighted by Crippen LogP contribution is -2.41. The second-order valence-electron chi connectivity index (χ2n) is 3.51. The van der Waals surface area contributed by atoms with E-state index >= 15 is 0 Å². The third kappa shape index (κ3) is 0.184. The first-order valence-corrected chi connectivity index (χ1v) is 3.28. The fourth-order valence-corrected chi connectivity index (χ4v) is 2.62. The van der Waals surface area contributed by atoms with Crippen LogP contribution >= 0.6 is 0 Å². The van der Waals surface area contributed by atoms with Gasteiger partial charge in [0.15, 0.2) is 0 Å². The van der Waals surface area contributed by atoms with Crippen molar-refractivity contribution in [2.24, 2.45) is 17.3 Å². The van der Waals surface area contributed by atoms with E-state index in [9.17, 15) is 0 Å². The molecule has 0 radical (unpaired) electrons. The van der Waals surface area contributed by atoms with E-state index in [2.05, 4.69) is 5.48 Å². The highest BCUT2D eigenvalue weighted by Crippen LogP contribution is 2.89. The summed E-state index contributed by atoms with van der Waals surface area (Å²) in [5.41, 5.74) is 3.15. The van der Waals surface area contributed by atoms with Crippen LogP contribution in [0.1, 0.15) is 12.8 Å². The Hall–Kier alpha value is -0.0800. The van der Waals surface area contributed by atoms with E-state index in [0.29, 0.717) is 6.04 Å². The zero-order valence-corrected chi connectivity index (χ0v) is 4.59. The van der Waals surface area contributed by atoms with Crippen molar-refractivity contribution >= 4 is 0 Å². The van der Waals surface area contributed by atoms with Gasteiger partial charge in [0, 0.05) is 6.04 Å². The lowest BCUT2D eigenvalue weighted by atomic mass is 9.80. The van der Waals surface area contributed by atoms with E-state index in [0.717, 1.165) is 17.3 Å². The minimum absolute atomic E-state index is 0.480. The van der Waals surface area contributed by atoms with Gasteiger partial charge in [-0.1, -0.05) is 0 Å². The molecule has 3 aliphatic rings. The molecule has 3 aliphatic carbocycles. The molecule has 0 amide bonds. The Morgan fingerprint density at radius 1 is 1.50 bits per heavy atom. The molecule has 0 saturated heterocycles. The van der Waals surface area contributed by atoms with Crippen molar-refractivity contribution in [3.05, 3.63) is 0 Å². The van der Waals surface area contributed by atoms with E-state index in [-0.39, 0.29) is 0 Å². The van der Waals surface area contributed by atoms with Gasteiger partial charge in [-0.05, 0) is 30.1 Å². The highest BCUT2D eigenvalue weighted by molar-refractivity contribution is 5.36. The van der Waals surface area contributed by atoms with Crippen LogP contribution in [0.25, 0.3) is 0 Å². The van der Waals surface area contributed by atoms with Crippen molar-refractivity contribution in [2.75, 3.05) is 0 Å². The monoisotopic (exact) mass is 111 g/mol. The van der Waals surface area contributed by atoms with Gasteiger partial charge in [0.05, 0.1) is 0 Å². The molecular weight excluding hydrogens is 102 g/mol. The molecule has 2 nitrogen and oxygen atoms in total. The van der Waals surface area contributed by atoms with Crippen LogP contribution in [-0.2, 0) is 0 Å². The van der Waals surface area contributed by atoms with Gasteiger partial charge in [0.1, 0.15) is 0 Å². The Kier molecular flexibility index (Phi) is 0.364. The van der Waals surface area contributed by atoms with Crippen LogP contribution in [0.3, 0.4) is 0 Å². The fraction of sp³-hybridized carbons (Fsp3) is 1.00. The molecule has 0 heterocycles. The maximum Gasteiger partial charge on any atom is 0.0361 e. The molecule has 3 rings (SSSR count). The SMILES string of the molecule is ONC1CC23CC2C13. The average molecular weight is 111 g/mol. The second kappa shape index (κ2) is 0.755. The van der Waals surface area contributed by atoms with Gasteiger partial charge in [-0.3, -0.25) is 0 Å². The first kappa shape index (κ1) is 3.85. The van der Waals surface area contributed by atoms with Gasteiger partial charge in [-0.15, -0.1) is 0 Å². The highest BCUT2D eigenvalue weighted by atomic mass is 16.5. The quantitative estimate of drug-likeness (QED) is 0.479. The molecule has 0 aromatic rings. The number of fused-ring (bicyclic) bond motifs is 1. The van der Waals surface area contributed by atoms with Crippen molar-refractivity contribution in [3.63, 3.8) is 0 Å². The first-order valence-electron chi connectivity index (χ1n) is 3.28. The Bertz CT molecular complexity index is 159. The zero-order chi connectivity index (χ0) is 5.35. The molecule has 0 aliphatic heterocycles. The van der Waals surface area contributed by atoms with E-state index in [1.165, 1.54) is 12.8 Å². The summed E-state index contributed by atoms with van der Waals surface area (Å²) in [6.07, 6.45) is 2.72. The van der Waals surface area contributed by atoms with Gasteiger partial charge < -0.3 is 5.21 Å². The van der Waals surface area contributed by atoms with Gasteiger partial charge in [-0.25, -0.2) is 5.48 Å². The summed E-state index contributed by atoms with van der Waals surface area (Å²) < 4.78 is 0. The summed E-state index contributed by atoms with van der Waals surface area (Å²) in [7, 11) is 0. The molecule has 4 atom stereocenters. The smallest absolute Gasteiger partial charge is 0.0361 e. The lowest BCUT2D eigenvalue weighted by molar-refractivity contribution is 0.0503. The maximum atomic E-state index is 8.47. The fourth-order valence-electron chi connectivity index (χ4n) is 2.62. The van der Waals surface area contributed by atoms with Gasteiger partial charge in [-0.2, -0.15) is 0 Å². The number of nitrogens with one attached hydrogen (secondary N) is 1. The van der Waals surface area contributed by atoms with Crippen molar-refractivity contribution in [3.8, 4) is 0 Å². The summed E-state index contributed by atoms with van der Waals surface area (Å²) in [5.74, 6) is 1.93. The van der Waals surface area contributed by atoms with Gasteiger partial charge in [0.25, 0.3) is 0 Å². The highest BCUT2D eigenvalue weighted by Gasteiger charge is 2.86. The molecule has 4 unspecified atom stereocenters. The van der Waals surface area contributed by atoms with E-state index < -0.39 is 0 Å². The van der Waals surface area contributed by atoms with E-state index in [4.69, 9.17) is 5.21 Å². The Morgan fingerprint density at radius 3 is 2.50 bits per heavy atom. The molecule has 44 valence electrons. The molecule has 0 aromatic carbocycles. The van der Waals surface area contributed by atoms with E-state index in [1.54, 1.807) is 0 Å². The number of hydrogen-bond donors (Lipinski definition) is 2. The zero-order valence-electron chi connectivity index (χ0n) is 4.59. The van der Waals surface area contributed by atoms with Crippen LogP contribution in [0.15, 0.2) is 0 Å². The average Bonchev–Trinajstić information content (AvgIpc) is 2.49.